The molecule has 0 spiro atoms. The minimum absolute atomic E-state index is 0.00153. The van der Waals surface area contributed by atoms with Gasteiger partial charge in [-0.3, -0.25) is 9.69 Å². The average molecular weight is 315 g/mol. The molecule has 1 unspecified atom stereocenters. The van der Waals surface area contributed by atoms with Crippen molar-refractivity contribution in [1.29, 1.82) is 0 Å². The fraction of sp³-hybridized carbons (Fsp3) is 0.278. The Bertz CT molecular complexity index is 686. The summed E-state index contributed by atoms with van der Waals surface area (Å²) in [4.78, 5) is 14.6. The number of benzene rings is 2. The first-order chi connectivity index (χ1) is 10.6. The molecule has 22 heavy (non-hydrogen) atoms. The number of fused-ring (bicyclic) bond motifs is 1. The van der Waals surface area contributed by atoms with Gasteiger partial charge in [-0.25, -0.2) is 0 Å². The van der Waals surface area contributed by atoms with Crippen LogP contribution in [0, 0.1) is 0 Å². The predicted octanol–water partition coefficient (Wildman–Crippen LogP) is 3.73. The summed E-state index contributed by atoms with van der Waals surface area (Å²) in [5.74, 6) is 0.00153. The van der Waals surface area contributed by atoms with E-state index in [9.17, 15) is 4.79 Å². The van der Waals surface area contributed by atoms with Crippen LogP contribution in [-0.4, -0.2) is 23.4 Å². The Hall–Kier alpha value is -1.84. The summed E-state index contributed by atoms with van der Waals surface area (Å²) < 4.78 is 0. The average Bonchev–Trinajstić information content (AvgIpc) is 2.53. The molecule has 4 heteroatoms. The van der Waals surface area contributed by atoms with E-state index in [2.05, 4.69) is 34.5 Å². The maximum atomic E-state index is 12.4. The lowest BCUT2D eigenvalue weighted by atomic mass is 9.99. The Kier molecular flexibility index (Phi) is 4.46. The first-order valence-electron chi connectivity index (χ1n) is 7.51. The molecule has 0 saturated carbocycles. The number of rotatable bonds is 3. The van der Waals surface area contributed by atoms with Crippen LogP contribution in [-0.2, 0) is 17.8 Å². The molecule has 0 saturated heterocycles. The summed E-state index contributed by atoms with van der Waals surface area (Å²) in [6, 6.07) is 15.5. The summed E-state index contributed by atoms with van der Waals surface area (Å²) in [7, 11) is 0. The predicted molar refractivity (Wildman–Crippen MR) is 90.1 cm³/mol. The van der Waals surface area contributed by atoms with Crippen LogP contribution >= 0.6 is 11.6 Å². The minimum atomic E-state index is -0.174. The topological polar surface area (TPSA) is 32.3 Å². The summed E-state index contributed by atoms with van der Waals surface area (Å²) in [5.41, 5.74) is 3.44. The molecular formula is C18H19ClN2O. The van der Waals surface area contributed by atoms with Gasteiger partial charge in [0, 0.05) is 23.8 Å². The largest absolute Gasteiger partial charge is 0.325 e. The molecule has 2 aromatic rings. The second kappa shape index (κ2) is 6.51. The molecule has 0 aliphatic carbocycles. The van der Waals surface area contributed by atoms with Crippen LogP contribution in [0.3, 0.4) is 0 Å². The van der Waals surface area contributed by atoms with Crippen molar-refractivity contribution >= 4 is 23.2 Å². The van der Waals surface area contributed by atoms with Crippen LogP contribution in [0.2, 0.25) is 5.02 Å². The van der Waals surface area contributed by atoms with Gasteiger partial charge in [-0.1, -0.05) is 41.9 Å². The third-order valence-corrected chi connectivity index (χ3v) is 4.41. The number of nitrogens with zero attached hydrogens (tertiary/aromatic N) is 1. The van der Waals surface area contributed by atoms with E-state index in [-0.39, 0.29) is 11.9 Å². The van der Waals surface area contributed by atoms with E-state index in [4.69, 9.17) is 11.6 Å². The first kappa shape index (κ1) is 15.1. The van der Waals surface area contributed by atoms with Crippen molar-refractivity contribution in [2.45, 2.75) is 25.9 Å². The van der Waals surface area contributed by atoms with E-state index in [0.717, 1.165) is 25.2 Å². The number of carbonyl (C=O) groups is 1. The van der Waals surface area contributed by atoms with Gasteiger partial charge in [0.15, 0.2) is 0 Å². The highest BCUT2D eigenvalue weighted by Crippen LogP contribution is 2.21. The van der Waals surface area contributed by atoms with E-state index in [1.807, 2.05) is 19.1 Å². The third kappa shape index (κ3) is 3.32. The molecule has 1 N–H and O–H groups in total. The molecule has 1 aliphatic heterocycles. The van der Waals surface area contributed by atoms with Gasteiger partial charge in [-0.05, 0) is 42.7 Å². The Morgan fingerprint density at radius 3 is 2.73 bits per heavy atom. The summed E-state index contributed by atoms with van der Waals surface area (Å²) in [6.07, 6.45) is 0.991. The van der Waals surface area contributed by atoms with Gasteiger partial charge in [0.2, 0.25) is 5.91 Å². The Balaban J connectivity index is 1.67. The van der Waals surface area contributed by atoms with Crippen molar-refractivity contribution in [2.24, 2.45) is 0 Å². The van der Waals surface area contributed by atoms with Crippen molar-refractivity contribution in [3.8, 4) is 0 Å². The van der Waals surface area contributed by atoms with Gasteiger partial charge in [0.1, 0.15) is 0 Å². The summed E-state index contributed by atoms with van der Waals surface area (Å²) in [6.45, 7) is 3.68. The normalized spacial score (nSPS) is 15.9. The van der Waals surface area contributed by atoms with Gasteiger partial charge >= 0.3 is 0 Å². The quantitative estimate of drug-likeness (QED) is 0.936. The van der Waals surface area contributed by atoms with Gasteiger partial charge in [0.05, 0.1) is 6.04 Å². The zero-order valence-corrected chi connectivity index (χ0v) is 13.3. The Morgan fingerprint density at radius 2 is 1.95 bits per heavy atom. The van der Waals surface area contributed by atoms with Crippen LogP contribution in [0.25, 0.3) is 0 Å². The van der Waals surface area contributed by atoms with Crippen molar-refractivity contribution in [1.82, 2.24) is 4.90 Å². The van der Waals surface area contributed by atoms with Crippen molar-refractivity contribution in [2.75, 3.05) is 11.9 Å². The zero-order valence-electron chi connectivity index (χ0n) is 12.6. The number of anilines is 1. The second-order valence-corrected chi connectivity index (χ2v) is 6.10. The lowest BCUT2D eigenvalue weighted by molar-refractivity contribution is -0.121. The molecule has 0 fully saturated rings. The molecule has 2 aromatic carbocycles. The molecule has 1 aliphatic rings. The smallest absolute Gasteiger partial charge is 0.241 e. The van der Waals surface area contributed by atoms with Gasteiger partial charge < -0.3 is 5.32 Å². The van der Waals surface area contributed by atoms with Crippen LogP contribution in [0.15, 0.2) is 48.5 Å². The lowest BCUT2D eigenvalue weighted by Crippen LogP contribution is -2.44. The van der Waals surface area contributed by atoms with E-state index in [1.165, 1.54) is 11.1 Å². The van der Waals surface area contributed by atoms with Crippen LogP contribution in [0.5, 0.6) is 0 Å². The minimum Gasteiger partial charge on any atom is -0.325 e. The van der Waals surface area contributed by atoms with Crippen LogP contribution < -0.4 is 5.32 Å². The highest BCUT2D eigenvalue weighted by Gasteiger charge is 2.25. The number of halogens is 1. The fourth-order valence-electron chi connectivity index (χ4n) is 2.83. The third-order valence-electron chi connectivity index (χ3n) is 4.18. The molecule has 1 atom stereocenters. The first-order valence-corrected chi connectivity index (χ1v) is 7.88. The molecule has 0 bridgehead atoms. The maximum absolute atomic E-state index is 12.4. The number of nitrogens with one attached hydrogen (secondary N) is 1. The maximum Gasteiger partial charge on any atom is 0.241 e. The standard InChI is InChI=1S/C18H19ClN2O/c1-13(18(22)20-17-8-4-7-16(19)11-17)21-10-9-14-5-2-3-6-15(14)12-21/h2-8,11,13H,9-10,12H2,1H3,(H,20,22). The Labute approximate surface area is 135 Å². The van der Waals surface area contributed by atoms with E-state index < -0.39 is 0 Å². The molecule has 0 radical (unpaired) electrons. The number of hydrogen-bond donors (Lipinski definition) is 1. The Morgan fingerprint density at radius 1 is 1.18 bits per heavy atom. The van der Waals surface area contributed by atoms with Crippen molar-refractivity contribution in [3.63, 3.8) is 0 Å². The van der Waals surface area contributed by atoms with E-state index in [1.54, 1.807) is 12.1 Å². The lowest BCUT2D eigenvalue weighted by Gasteiger charge is -2.32. The van der Waals surface area contributed by atoms with E-state index >= 15 is 0 Å². The molecule has 0 aromatic heterocycles. The van der Waals surface area contributed by atoms with Crippen LogP contribution in [0.4, 0.5) is 5.69 Å². The SMILES string of the molecule is CC(C(=O)Nc1cccc(Cl)c1)N1CCc2ccccc2C1. The second-order valence-electron chi connectivity index (χ2n) is 5.66. The van der Waals surface area contributed by atoms with Gasteiger partial charge in [-0.15, -0.1) is 0 Å². The molecule has 1 amide bonds. The summed E-state index contributed by atoms with van der Waals surface area (Å²) >= 11 is 5.95. The molecule has 3 rings (SSSR count). The van der Waals surface area contributed by atoms with Crippen molar-refractivity contribution < 1.29 is 4.79 Å². The summed E-state index contributed by atoms with van der Waals surface area (Å²) in [5, 5.41) is 3.56. The molecule has 1 heterocycles. The monoisotopic (exact) mass is 314 g/mol. The number of carbonyl (C=O) groups excluding carboxylic acids is 1. The van der Waals surface area contributed by atoms with Gasteiger partial charge in [0.25, 0.3) is 0 Å². The van der Waals surface area contributed by atoms with Gasteiger partial charge in [-0.2, -0.15) is 0 Å². The zero-order chi connectivity index (χ0) is 15.5. The highest BCUT2D eigenvalue weighted by molar-refractivity contribution is 6.30. The van der Waals surface area contributed by atoms with E-state index in [0.29, 0.717) is 5.02 Å². The highest BCUT2D eigenvalue weighted by atomic mass is 35.5. The van der Waals surface area contributed by atoms with Crippen LogP contribution in [0.1, 0.15) is 18.1 Å². The molecule has 114 valence electrons. The molecule has 3 nitrogen and oxygen atoms in total. The fourth-order valence-corrected chi connectivity index (χ4v) is 3.02. The van der Waals surface area contributed by atoms with Crippen molar-refractivity contribution in [3.05, 3.63) is 64.7 Å². The molecular weight excluding hydrogens is 296 g/mol. The number of amides is 1. The number of hydrogen-bond acceptors (Lipinski definition) is 2.